The van der Waals surface area contributed by atoms with Gasteiger partial charge in [-0.15, -0.1) is 0 Å². The van der Waals surface area contributed by atoms with Crippen LogP contribution in [0.15, 0.2) is 41.3 Å². The van der Waals surface area contributed by atoms with Crippen molar-refractivity contribution in [1.82, 2.24) is 9.78 Å². The van der Waals surface area contributed by atoms with Crippen LogP contribution >= 0.6 is 0 Å². The van der Waals surface area contributed by atoms with E-state index in [-0.39, 0.29) is 5.56 Å². The van der Waals surface area contributed by atoms with Crippen molar-refractivity contribution in [3.8, 4) is 11.8 Å². The van der Waals surface area contributed by atoms with Crippen LogP contribution in [0.1, 0.15) is 16.7 Å². The third kappa shape index (κ3) is 3.54. The lowest BCUT2D eigenvalue weighted by atomic mass is 10.1. The van der Waals surface area contributed by atoms with E-state index in [1.807, 2.05) is 31.2 Å². The smallest absolute Gasteiger partial charge is 0.267 e. The van der Waals surface area contributed by atoms with Gasteiger partial charge in [0.15, 0.2) is 0 Å². The Bertz CT molecular complexity index is 692. The third-order valence-corrected chi connectivity index (χ3v) is 2.60. The minimum absolute atomic E-state index is 0.0987. The van der Waals surface area contributed by atoms with Crippen LogP contribution in [0.4, 0.5) is 0 Å². The van der Waals surface area contributed by atoms with E-state index in [4.69, 9.17) is 5.73 Å². The molecule has 0 bridgehead atoms. The maximum absolute atomic E-state index is 11.8. The van der Waals surface area contributed by atoms with Gasteiger partial charge >= 0.3 is 0 Å². The Labute approximate surface area is 111 Å². The largest absolute Gasteiger partial charge is 0.320 e. The lowest BCUT2D eigenvalue weighted by Gasteiger charge is -2.05. The molecule has 1 heterocycles. The summed E-state index contributed by atoms with van der Waals surface area (Å²) in [6.45, 7) is 2.63. The fourth-order valence-corrected chi connectivity index (χ4v) is 1.72. The monoisotopic (exact) mass is 253 g/mol. The second-order valence-corrected chi connectivity index (χ2v) is 4.24. The second-order valence-electron chi connectivity index (χ2n) is 4.24. The first-order valence-electron chi connectivity index (χ1n) is 6.00. The molecule has 0 saturated heterocycles. The van der Waals surface area contributed by atoms with Crippen LogP contribution in [-0.2, 0) is 6.54 Å². The first kappa shape index (κ1) is 13.1. The first-order chi connectivity index (χ1) is 9.19. The fourth-order valence-electron chi connectivity index (χ4n) is 1.72. The fraction of sp³-hybridized carbons (Fsp3) is 0.200. The predicted octanol–water partition coefficient (Wildman–Crippen LogP) is 0.910. The van der Waals surface area contributed by atoms with Crippen LogP contribution in [0.25, 0.3) is 0 Å². The van der Waals surface area contributed by atoms with Gasteiger partial charge in [0.25, 0.3) is 5.56 Å². The van der Waals surface area contributed by atoms with Crippen LogP contribution in [0, 0.1) is 18.8 Å². The average Bonchev–Trinajstić information content (AvgIpc) is 2.40. The van der Waals surface area contributed by atoms with Gasteiger partial charge in [0, 0.05) is 11.6 Å². The van der Waals surface area contributed by atoms with E-state index in [1.54, 1.807) is 12.3 Å². The number of nitrogens with two attached hydrogens (primary N) is 1. The molecule has 2 rings (SSSR count). The summed E-state index contributed by atoms with van der Waals surface area (Å²) in [5, 5.41) is 4.11. The molecule has 0 unspecified atom stereocenters. The normalized spacial score (nSPS) is 9.79. The molecule has 2 N–H and O–H groups in total. The molecule has 19 heavy (non-hydrogen) atoms. The van der Waals surface area contributed by atoms with Gasteiger partial charge in [0.2, 0.25) is 0 Å². The zero-order chi connectivity index (χ0) is 13.7. The van der Waals surface area contributed by atoms with Crippen molar-refractivity contribution >= 4 is 0 Å². The van der Waals surface area contributed by atoms with Crippen LogP contribution < -0.4 is 11.3 Å². The number of aryl methyl sites for hydroxylation is 1. The van der Waals surface area contributed by atoms with Crippen molar-refractivity contribution in [3.05, 3.63) is 63.6 Å². The van der Waals surface area contributed by atoms with Crippen molar-refractivity contribution in [1.29, 1.82) is 0 Å². The Balaban J connectivity index is 2.26. The van der Waals surface area contributed by atoms with Gasteiger partial charge in [-0.2, -0.15) is 5.10 Å². The molecule has 1 aromatic carbocycles. The quantitative estimate of drug-likeness (QED) is 0.809. The Morgan fingerprint density at radius 2 is 2.21 bits per heavy atom. The molecule has 0 spiro atoms. The zero-order valence-electron chi connectivity index (χ0n) is 10.8. The van der Waals surface area contributed by atoms with E-state index in [2.05, 4.69) is 16.9 Å². The Kier molecular flexibility index (Phi) is 4.11. The van der Waals surface area contributed by atoms with Crippen LogP contribution in [0.3, 0.4) is 0 Å². The van der Waals surface area contributed by atoms with Crippen molar-refractivity contribution in [2.24, 2.45) is 5.73 Å². The minimum atomic E-state index is -0.0987. The predicted molar refractivity (Wildman–Crippen MR) is 74.7 cm³/mol. The van der Waals surface area contributed by atoms with Gasteiger partial charge in [-0.3, -0.25) is 4.79 Å². The van der Waals surface area contributed by atoms with Crippen molar-refractivity contribution in [2.75, 3.05) is 6.54 Å². The topological polar surface area (TPSA) is 60.9 Å². The summed E-state index contributed by atoms with van der Waals surface area (Å²) in [5.41, 5.74) is 7.99. The summed E-state index contributed by atoms with van der Waals surface area (Å²) in [6.07, 6.45) is 1.68. The Morgan fingerprint density at radius 3 is 2.95 bits per heavy atom. The number of nitrogens with zero attached hydrogens (tertiary/aromatic N) is 2. The summed E-state index contributed by atoms with van der Waals surface area (Å²) >= 11 is 0. The molecule has 4 nitrogen and oxygen atoms in total. The molecule has 0 radical (unpaired) electrons. The summed E-state index contributed by atoms with van der Waals surface area (Å²) in [4.78, 5) is 11.8. The van der Waals surface area contributed by atoms with Crippen LogP contribution in [0.5, 0.6) is 0 Å². The molecule has 0 aliphatic carbocycles. The summed E-state index contributed by atoms with van der Waals surface area (Å²) in [6, 6.07) is 9.29. The van der Waals surface area contributed by atoms with Crippen molar-refractivity contribution < 1.29 is 0 Å². The Morgan fingerprint density at radius 1 is 1.37 bits per heavy atom. The van der Waals surface area contributed by atoms with E-state index in [0.717, 1.165) is 16.7 Å². The third-order valence-electron chi connectivity index (χ3n) is 2.60. The highest BCUT2D eigenvalue weighted by atomic mass is 16.1. The number of rotatable bonds is 2. The molecular weight excluding hydrogens is 238 g/mol. The molecule has 2 aromatic rings. The van der Waals surface area contributed by atoms with E-state index in [1.165, 1.54) is 4.68 Å². The van der Waals surface area contributed by atoms with Gasteiger partial charge < -0.3 is 5.73 Å². The molecular formula is C15H15N3O. The molecule has 0 aliphatic heterocycles. The van der Waals surface area contributed by atoms with Gasteiger partial charge in [0.1, 0.15) is 0 Å². The van der Waals surface area contributed by atoms with Crippen molar-refractivity contribution in [2.45, 2.75) is 13.5 Å². The van der Waals surface area contributed by atoms with Gasteiger partial charge in [-0.25, -0.2) is 4.68 Å². The van der Waals surface area contributed by atoms with Gasteiger partial charge in [-0.1, -0.05) is 24.0 Å². The highest BCUT2D eigenvalue weighted by Crippen LogP contribution is 2.05. The standard InChI is InChI=1S/C15H15N3O/c1-12-8-15(19)18(17-10-12)11-14-5-2-4-13(9-14)6-3-7-16/h2,4-5,8-10H,7,11,16H2,1H3. The Hall–Kier alpha value is -2.38. The van der Waals surface area contributed by atoms with Crippen LogP contribution in [0.2, 0.25) is 0 Å². The highest BCUT2D eigenvalue weighted by Gasteiger charge is 2.00. The minimum Gasteiger partial charge on any atom is -0.320 e. The second kappa shape index (κ2) is 5.98. The highest BCUT2D eigenvalue weighted by molar-refractivity contribution is 5.37. The molecule has 96 valence electrons. The molecule has 0 atom stereocenters. The molecule has 4 heteroatoms. The molecule has 0 fully saturated rings. The average molecular weight is 253 g/mol. The van der Waals surface area contributed by atoms with E-state index in [0.29, 0.717) is 13.1 Å². The van der Waals surface area contributed by atoms with E-state index >= 15 is 0 Å². The molecule has 0 aliphatic rings. The number of hydrogen-bond acceptors (Lipinski definition) is 3. The lowest BCUT2D eigenvalue weighted by molar-refractivity contribution is 0.636. The molecule has 0 amide bonds. The lowest BCUT2D eigenvalue weighted by Crippen LogP contribution is -2.22. The zero-order valence-corrected chi connectivity index (χ0v) is 10.8. The first-order valence-corrected chi connectivity index (χ1v) is 6.00. The summed E-state index contributed by atoms with van der Waals surface area (Å²) < 4.78 is 1.43. The number of aromatic nitrogens is 2. The molecule has 1 aromatic heterocycles. The molecule has 0 saturated carbocycles. The van der Waals surface area contributed by atoms with Gasteiger partial charge in [-0.05, 0) is 30.2 Å². The summed E-state index contributed by atoms with van der Waals surface area (Å²) in [7, 11) is 0. The van der Waals surface area contributed by atoms with E-state index in [9.17, 15) is 4.79 Å². The number of benzene rings is 1. The van der Waals surface area contributed by atoms with Gasteiger partial charge in [0.05, 0.1) is 19.3 Å². The number of hydrogen-bond donors (Lipinski definition) is 1. The maximum Gasteiger partial charge on any atom is 0.267 e. The van der Waals surface area contributed by atoms with Crippen molar-refractivity contribution in [3.63, 3.8) is 0 Å². The van der Waals surface area contributed by atoms with E-state index < -0.39 is 0 Å². The maximum atomic E-state index is 11.8. The van der Waals surface area contributed by atoms with Crippen LogP contribution in [-0.4, -0.2) is 16.3 Å². The SMILES string of the molecule is Cc1cnn(Cc2cccc(C#CCN)c2)c(=O)c1. The summed E-state index contributed by atoms with van der Waals surface area (Å²) in [5.74, 6) is 5.78.